The Morgan fingerprint density at radius 3 is 2.75 bits per heavy atom. The number of hydrogen-bond acceptors (Lipinski definition) is 4. The second-order valence-electron chi connectivity index (χ2n) is 4.32. The summed E-state index contributed by atoms with van der Waals surface area (Å²) in [5, 5.41) is 0. The van der Waals surface area contributed by atoms with Crippen LogP contribution in [0.15, 0.2) is 18.3 Å². The molecule has 1 saturated heterocycles. The monoisotopic (exact) mass is 220 g/mol. The summed E-state index contributed by atoms with van der Waals surface area (Å²) in [6.07, 6.45) is 2.78. The fourth-order valence-corrected chi connectivity index (χ4v) is 2.08. The molecule has 1 aliphatic rings. The zero-order chi connectivity index (χ0) is 11.4. The Labute approximate surface area is 97.1 Å². The molecular weight excluding hydrogens is 200 g/mol. The van der Waals surface area contributed by atoms with Gasteiger partial charge in [0.2, 0.25) is 0 Å². The number of likely N-dealkylation sites (N-methyl/N-ethyl adjacent to an activating group) is 1. The molecule has 1 aliphatic heterocycles. The smallest absolute Gasteiger partial charge is 0.131 e. The maximum absolute atomic E-state index is 5.63. The van der Waals surface area contributed by atoms with Gasteiger partial charge in [0.05, 0.1) is 0 Å². The van der Waals surface area contributed by atoms with Gasteiger partial charge in [0.25, 0.3) is 0 Å². The van der Waals surface area contributed by atoms with Gasteiger partial charge >= 0.3 is 0 Å². The molecule has 4 nitrogen and oxygen atoms in total. The van der Waals surface area contributed by atoms with E-state index in [0.717, 1.165) is 38.4 Å². The lowest BCUT2D eigenvalue weighted by Crippen LogP contribution is -2.45. The number of pyridine rings is 1. The van der Waals surface area contributed by atoms with Crippen LogP contribution in [0.25, 0.3) is 0 Å². The average molecular weight is 220 g/mol. The molecule has 88 valence electrons. The van der Waals surface area contributed by atoms with Gasteiger partial charge in [0, 0.05) is 32.4 Å². The van der Waals surface area contributed by atoms with E-state index in [9.17, 15) is 0 Å². The standard InChI is InChI=1S/C12H20N4/c1-15-7-9-16(10-8-15)12-11(4-5-13)3-2-6-14-12/h2-3,6H,4-5,7-10,13H2,1H3. The molecule has 4 heteroatoms. The summed E-state index contributed by atoms with van der Waals surface area (Å²) < 4.78 is 0. The van der Waals surface area contributed by atoms with Crippen molar-refractivity contribution in [3.8, 4) is 0 Å². The van der Waals surface area contributed by atoms with Crippen LogP contribution < -0.4 is 10.6 Å². The summed E-state index contributed by atoms with van der Waals surface area (Å²) in [5.41, 5.74) is 6.90. The Kier molecular flexibility index (Phi) is 3.74. The molecule has 2 rings (SSSR count). The zero-order valence-corrected chi connectivity index (χ0v) is 9.89. The third kappa shape index (κ3) is 2.51. The van der Waals surface area contributed by atoms with E-state index in [1.807, 2.05) is 12.3 Å². The fourth-order valence-electron chi connectivity index (χ4n) is 2.08. The molecule has 1 aromatic rings. The van der Waals surface area contributed by atoms with Crippen LogP contribution in [0.2, 0.25) is 0 Å². The predicted octanol–water partition coefficient (Wildman–Crippen LogP) is 0.335. The number of piperazine rings is 1. The van der Waals surface area contributed by atoms with Crippen LogP contribution >= 0.6 is 0 Å². The average Bonchev–Trinajstić information content (AvgIpc) is 2.32. The summed E-state index contributed by atoms with van der Waals surface area (Å²) in [6, 6.07) is 4.12. The molecule has 2 N–H and O–H groups in total. The number of nitrogens with two attached hydrogens (primary N) is 1. The van der Waals surface area contributed by atoms with Gasteiger partial charge in [-0.15, -0.1) is 0 Å². The van der Waals surface area contributed by atoms with Crippen molar-refractivity contribution in [2.45, 2.75) is 6.42 Å². The van der Waals surface area contributed by atoms with E-state index in [4.69, 9.17) is 5.73 Å². The van der Waals surface area contributed by atoms with Crippen LogP contribution in [0.4, 0.5) is 5.82 Å². The lowest BCUT2D eigenvalue weighted by molar-refractivity contribution is 0.312. The van der Waals surface area contributed by atoms with Crippen molar-refractivity contribution in [1.82, 2.24) is 9.88 Å². The Balaban J connectivity index is 2.13. The highest BCUT2D eigenvalue weighted by Crippen LogP contribution is 2.18. The first-order valence-corrected chi connectivity index (χ1v) is 5.88. The van der Waals surface area contributed by atoms with Crippen molar-refractivity contribution < 1.29 is 0 Å². The molecule has 0 atom stereocenters. The second-order valence-corrected chi connectivity index (χ2v) is 4.32. The van der Waals surface area contributed by atoms with Gasteiger partial charge in [-0.3, -0.25) is 0 Å². The van der Waals surface area contributed by atoms with Crippen LogP contribution in [-0.2, 0) is 6.42 Å². The highest BCUT2D eigenvalue weighted by Gasteiger charge is 2.17. The minimum absolute atomic E-state index is 0.687. The first kappa shape index (κ1) is 11.4. The third-order valence-electron chi connectivity index (χ3n) is 3.08. The summed E-state index contributed by atoms with van der Waals surface area (Å²) in [4.78, 5) is 9.21. The molecule has 0 aromatic carbocycles. The van der Waals surface area contributed by atoms with Crippen molar-refractivity contribution in [3.63, 3.8) is 0 Å². The summed E-state index contributed by atoms with van der Waals surface area (Å²) in [5.74, 6) is 1.13. The van der Waals surface area contributed by atoms with Gasteiger partial charge < -0.3 is 15.5 Å². The van der Waals surface area contributed by atoms with Gasteiger partial charge in [0.1, 0.15) is 5.82 Å². The number of aromatic nitrogens is 1. The van der Waals surface area contributed by atoms with Crippen LogP contribution in [0.3, 0.4) is 0 Å². The Morgan fingerprint density at radius 2 is 2.06 bits per heavy atom. The predicted molar refractivity (Wildman–Crippen MR) is 66.7 cm³/mol. The quantitative estimate of drug-likeness (QED) is 0.797. The van der Waals surface area contributed by atoms with Crippen molar-refractivity contribution in [2.75, 3.05) is 44.7 Å². The maximum Gasteiger partial charge on any atom is 0.131 e. The van der Waals surface area contributed by atoms with Crippen molar-refractivity contribution in [2.24, 2.45) is 5.73 Å². The largest absolute Gasteiger partial charge is 0.354 e. The van der Waals surface area contributed by atoms with Gasteiger partial charge in [-0.25, -0.2) is 4.98 Å². The minimum atomic E-state index is 0.687. The molecular formula is C12H20N4. The molecule has 0 bridgehead atoms. The number of hydrogen-bond donors (Lipinski definition) is 1. The Bertz CT molecular complexity index is 332. The van der Waals surface area contributed by atoms with Crippen LogP contribution in [0, 0.1) is 0 Å². The molecule has 1 fully saturated rings. The topological polar surface area (TPSA) is 45.4 Å². The van der Waals surface area contributed by atoms with Crippen LogP contribution in [0.1, 0.15) is 5.56 Å². The van der Waals surface area contributed by atoms with E-state index in [1.165, 1.54) is 5.56 Å². The zero-order valence-electron chi connectivity index (χ0n) is 9.89. The van der Waals surface area contributed by atoms with Crippen molar-refractivity contribution >= 4 is 5.82 Å². The minimum Gasteiger partial charge on any atom is -0.354 e. The second kappa shape index (κ2) is 5.27. The third-order valence-corrected chi connectivity index (χ3v) is 3.08. The first-order chi connectivity index (χ1) is 7.81. The highest BCUT2D eigenvalue weighted by atomic mass is 15.3. The molecule has 0 amide bonds. The summed E-state index contributed by atoms with van der Waals surface area (Å²) >= 11 is 0. The normalized spacial score (nSPS) is 17.8. The Hall–Kier alpha value is -1.13. The molecule has 0 saturated carbocycles. The van der Waals surface area contributed by atoms with Gasteiger partial charge in [-0.2, -0.15) is 0 Å². The maximum atomic E-state index is 5.63. The number of anilines is 1. The molecule has 0 radical (unpaired) electrons. The van der Waals surface area contributed by atoms with Crippen molar-refractivity contribution in [3.05, 3.63) is 23.9 Å². The lowest BCUT2D eigenvalue weighted by atomic mass is 10.1. The number of rotatable bonds is 3. The van der Waals surface area contributed by atoms with E-state index in [1.54, 1.807) is 0 Å². The van der Waals surface area contributed by atoms with Gasteiger partial charge in [-0.1, -0.05) is 6.07 Å². The van der Waals surface area contributed by atoms with E-state index < -0.39 is 0 Å². The van der Waals surface area contributed by atoms with E-state index in [-0.39, 0.29) is 0 Å². The fraction of sp³-hybridized carbons (Fsp3) is 0.583. The molecule has 2 heterocycles. The van der Waals surface area contributed by atoms with Gasteiger partial charge in [-0.05, 0) is 31.6 Å². The van der Waals surface area contributed by atoms with E-state index in [2.05, 4.69) is 27.9 Å². The molecule has 0 spiro atoms. The van der Waals surface area contributed by atoms with E-state index in [0.29, 0.717) is 6.54 Å². The summed E-state index contributed by atoms with van der Waals surface area (Å²) in [6.45, 7) is 5.03. The van der Waals surface area contributed by atoms with E-state index >= 15 is 0 Å². The number of nitrogens with zero attached hydrogens (tertiary/aromatic N) is 3. The van der Waals surface area contributed by atoms with Crippen LogP contribution in [-0.4, -0.2) is 49.7 Å². The first-order valence-electron chi connectivity index (χ1n) is 5.88. The van der Waals surface area contributed by atoms with Crippen LogP contribution in [0.5, 0.6) is 0 Å². The highest BCUT2D eigenvalue weighted by molar-refractivity contribution is 5.47. The van der Waals surface area contributed by atoms with Gasteiger partial charge in [0.15, 0.2) is 0 Å². The summed E-state index contributed by atoms with van der Waals surface area (Å²) in [7, 11) is 2.16. The lowest BCUT2D eigenvalue weighted by Gasteiger charge is -2.34. The molecule has 0 unspecified atom stereocenters. The molecule has 1 aromatic heterocycles. The Morgan fingerprint density at radius 1 is 1.31 bits per heavy atom. The van der Waals surface area contributed by atoms with Crippen molar-refractivity contribution in [1.29, 1.82) is 0 Å². The molecule has 0 aliphatic carbocycles. The SMILES string of the molecule is CN1CCN(c2ncccc2CCN)CC1. The molecule has 16 heavy (non-hydrogen) atoms.